The average molecular weight is 633 g/mol. The van der Waals surface area contributed by atoms with Crippen LogP contribution >= 0.6 is 0 Å². The Bertz CT molecular complexity index is 1680. The number of hydrogen-bond donors (Lipinski definition) is 2. The van der Waals surface area contributed by atoms with Crippen LogP contribution in [0.4, 0.5) is 0 Å². The number of hydrogen-bond acceptors (Lipinski definition) is 4. The highest BCUT2D eigenvalue weighted by Crippen LogP contribution is 2.21. The third-order valence-electron chi connectivity index (χ3n) is 8.39. The molecule has 0 saturated heterocycles. The van der Waals surface area contributed by atoms with E-state index in [4.69, 9.17) is 5.73 Å². The van der Waals surface area contributed by atoms with Crippen molar-refractivity contribution in [2.75, 3.05) is 20.6 Å². The number of nitrogens with two attached hydrogens (primary N) is 1. The highest BCUT2D eigenvalue weighted by atomic mass is 16.2. The molecule has 0 aliphatic carbocycles. The highest BCUT2D eigenvalue weighted by Gasteiger charge is 2.35. The van der Waals surface area contributed by atoms with Crippen LogP contribution in [-0.2, 0) is 33.6 Å². The third-order valence-corrected chi connectivity index (χ3v) is 8.39. The fourth-order valence-corrected chi connectivity index (χ4v) is 5.94. The molecule has 0 radical (unpaired) electrons. The number of benzene rings is 4. The molecule has 3 amide bonds. The van der Waals surface area contributed by atoms with Crippen molar-refractivity contribution in [2.45, 2.75) is 64.1 Å². The standard InChI is InChI=1S/C40H48N4O3/c1-29(28-40(2,3)41)24-37(45)43(4)36(27-32-20-21-33-18-12-13-19-34(33)25-32)39(47)44(5)35(26-31-16-10-7-11-17-31)38(46)42-23-22-30-14-8-6-9-15-30/h6-21,24-25,35-36H,22-23,26-28,41H2,1-5H3,(H,42,46)/t35-,36-/m1/s1. The second-order valence-electron chi connectivity index (χ2n) is 13.2. The van der Waals surface area contributed by atoms with E-state index in [-0.39, 0.29) is 17.7 Å². The Hall–Kier alpha value is -4.75. The van der Waals surface area contributed by atoms with Crippen LogP contribution in [-0.4, -0.2) is 65.8 Å². The molecule has 0 saturated carbocycles. The van der Waals surface area contributed by atoms with Gasteiger partial charge < -0.3 is 20.9 Å². The summed E-state index contributed by atoms with van der Waals surface area (Å²) in [5, 5.41) is 5.21. The summed E-state index contributed by atoms with van der Waals surface area (Å²) in [4.78, 5) is 44.9. The molecule has 47 heavy (non-hydrogen) atoms. The van der Waals surface area contributed by atoms with Gasteiger partial charge in [-0.25, -0.2) is 0 Å². The zero-order valence-electron chi connectivity index (χ0n) is 28.3. The van der Waals surface area contributed by atoms with Crippen molar-refractivity contribution < 1.29 is 14.4 Å². The first-order valence-electron chi connectivity index (χ1n) is 16.2. The second-order valence-corrected chi connectivity index (χ2v) is 13.2. The van der Waals surface area contributed by atoms with E-state index in [1.54, 1.807) is 20.2 Å². The van der Waals surface area contributed by atoms with Gasteiger partial charge in [0.25, 0.3) is 0 Å². The molecular weight excluding hydrogens is 584 g/mol. The van der Waals surface area contributed by atoms with Crippen LogP contribution in [0.15, 0.2) is 115 Å². The smallest absolute Gasteiger partial charge is 0.246 e. The van der Waals surface area contributed by atoms with Crippen molar-refractivity contribution in [1.82, 2.24) is 15.1 Å². The first kappa shape index (κ1) is 35.1. The number of nitrogens with one attached hydrogen (secondary N) is 1. The van der Waals surface area contributed by atoms with Crippen molar-refractivity contribution in [3.63, 3.8) is 0 Å². The molecule has 0 aliphatic rings. The maximum absolute atomic E-state index is 14.5. The fourth-order valence-electron chi connectivity index (χ4n) is 5.94. The Kier molecular flexibility index (Phi) is 12.1. The van der Waals surface area contributed by atoms with Gasteiger partial charge in [0, 0.05) is 45.1 Å². The number of carbonyl (C=O) groups is 3. The van der Waals surface area contributed by atoms with Crippen molar-refractivity contribution in [3.05, 3.63) is 131 Å². The zero-order valence-corrected chi connectivity index (χ0v) is 28.3. The minimum absolute atomic E-state index is 0.236. The summed E-state index contributed by atoms with van der Waals surface area (Å²) < 4.78 is 0. The van der Waals surface area contributed by atoms with Crippen LogP contribution in [0, 0.1) is 0 Å². The van der Waals surface area contributed by atoms with Crippen LogP contribution in [0.3, 0.4) is 0 Å². The molecule has 0 spiro atoms. The van der Waals surface area contributed by atoms with E-state index in [1.165, 1.54) is 9.80 Å². The summed E-state index contributed by atoms with van der Waals surface area (Å²) in [6.45, 7) is 6.15. The lowest BCUT2D eigenvalue weighted by Gasteiger charge is -2.34. The summed E-state index contributed by atoms with van der Waals surface area (Å²) in [6, 6.07) is 32.2. The van der Waals surface area contributed by atoms with Gasteiger partial charge in [-0.05, 0) is 61.1 Å². The van der Waals surface area contributed by atoms with Crippen LogP contribution in [0.5, 0.6) is 0 Å². The average Bonchev–Trinajstić information content (AvgIpc) is 3.05. The minimum atomic E-state index is -0.848. The first-order valence-corrected chi connectivity index (χ1v) is 16.2. The van der Waals surface area contributed by atoms with Crippen LogP contribution in [0.1, 0.15) is 43.9 Å². The van der Waals surface area contributed by atoms with E-state index in [0.717, 1.165) is 33.0 Å². The Morgan fingerprint density at radius 2 is 1.32 bits per heavy atom. The van der Waals surface area contributed by atoms with E-state index in [9.17, 15) is 14.4 Å². The van der Waals surface area contributed by atoms with Crippen molar-refractivity contribution in [3.8, 4) is 0 Å². The Labute approximate surface area is 279 Å². The number of carbonyl (C=O) groups excluding carboxylic acids is 3. The van der Waals surface area contributed by atoms with Gasteiger partial charge in [0.2, 0.25) is 17.7 Å². The molecule has 7 nitrogen and oxygen atoms in total. The molecule has 4 rings (SSSR count). The largest absolute Gasteiger partial charge is 0.354 e. The van der Waals surface area contributed by atoms with Gasteiger partial charge >= 0.3 is 0 Å². The number of likely N-dealkylation sites (N-methyl/N-ethyl adjacent to an activating group) is 2. The second kappa shape index (κ2) is 16.2. The molecule has 0 aromatic heterocycles. The predicted octanol–water partition coefficient (Wildman–Crippen LogP) is 5.71. The summed E-state index contributed by atoms with van der Waals surface area (Å²) in [7, 11) is 3.32. The van der Waals surface area contributed by atoms with Crippen molar-refractivity contribution >= 4 is 28.5 Å². The van der Waals surface area contributed by atoms with Gasteiger partial charge in [-0.1, -0.05) is 109 Å². The molecule has 0 bridgehead atoms. The maximum Gasteiger partial charge on any atom is 0.246 e. The fraction of sp³-hybridized carbons (Fsp3) is 0.325. The van der Waals surface area contributed by atoms with Gasteiger partial charge in [0.15, 0.2) is 0 Å². The summed E-state index contributed by atoms with van der Waals surface area (Å²) in [5.41, 5.74) is 9.55. The van der Waals surface area contributed by atoms with Gasteiger partial charge in [-0.3, -0.25) is 14.4 Å². The number of nitrogens with zero attached hydrogens (tertiary/aromatic N) is 2. The van der Waals surface area contributed by atoms with Gasteiger partial charge in [0.1, 0.15) is 12.1 Å². The zero-order chi connectivity index (χ0) is 34.0. The number of amides is 3. The van der Waals surface area contributed by atoms with Gasteiger partial charge in [-0.2, -0.15) is 0 Å². The minimum Gasteiger partial charge on any atom is -0.354 e. The van der Waals surface area contributed by atoms with Crippen LogP contribution in [0.25, 0.3) is 10.8 Å². The Balaban J connectivity index is 1.63. The van der Waals surface area contributed by atoms with Crippen molar-refractivity contribution in [2.24, 2.45) is 5.73 Å². The van der Waals surface area contributed by atoms with Gasteiger partial charge in [-0.15, -0.1) is 0 Å². The molecule has 7 heteroatoms. The normalized spacial score (nSPS) is 13.1. The number of fused-ring (bicyclic) bond motifs is 1. The molecule has 4 aromatic carbocycles. The Morgan fingerprint density at radius 1 is 0.745 bits per heavy atom. The van der Waals surface area contributed by atoms with Crippen LogP contribution in [0.2, 0.25) is 0 Å². The van der Waals surface area contributed by atoms with E-state index in [0.29, 0.717) is 32.2 Å². The summed E-state index contributed by atoms with van der Waals surface area (Å²) in [5.74, 6) is -0.829. The highest BCUT2D eigenvalue weighted by molar-refractivity contribution is 5.95. The summed E-state index contributed by atoms with van der Waals surface area (Å²) in [6.07, 6.45) is 3.41. The molecule has 4 aromatic rings. The molecule has 0 fully saturated rings. The molecule has 0 heterocycles. The Morgan fingerprint density at radius 3 is 1.96 bits per heavy atom. The SMILES string of the molecule is CC(=CC(=O)N(C)[C@H](Cc1ccc2ccccc2c1)C(=O)N(C)[C@H](Cc1ccccc1)C(=O)NCCc1ccccc1)CC(C)(C)N. The van der Waals surface area contributed by atoms with E-state index < -0.39 is 17.6 Å². The lowest BCUT2D eigenvalue weighted by molar-refractivity contribution is -0.146. The maximum atomic E-state index is 14.5. The van der Waals surface area contributed by atoms with E-state index in [2.05, 4.69) is 11.4 Å². The lowest BCUT2D eigenvalue weighted by atomic mass is 9.96. The molecule has 3 N–H and O–H groups in total. The summed E-state index contributed by atoms with van der Waals surface area (Å²) >= 11 is 0. The lowest BCUT2D eigenvalue weighted by Crippen LogP contribution is -2.56. The monoisotopic (exact) mass is 632 g/mol. The topological polar surface area (TPSA) is 95.7 Å². The molecular formula is C40H48N4O3. The number of rotatable bonds is 14. The van der Waals surface area contributed by atoms with E-state index in [1.807, 2.05) is 118 Å². The van der Waals surface area contributed by atoms with E-state index >= 15 is 0 Å². The predicted molar refractivity (Wildman–Crippen MR) is 191 cm³/mol. The molecule has 0 unspecified atom stereocenters. The van der Waals surface area contributed by atoms with Crippen molar-refractivity contribution in [1.29, 1.82) is 0 Å². The third kappa shape index (κ3) is 10.4. The van der Waals surface area contributed by atoms with Crippen LogP contribution < -0.4 is 11.1 Å². The molecule has 2 atom stereocenters. The quantitative estimate of drug-likeness (QED) is 0.174. The first-order chi connectivity index (χ1) is 22.4. The molecule has 0 aliphatic heterocycles. The molecule has 246 valence electrons. The van der Waals surface area contributed by atoms with Gasteiger partial charge in [0.05, 0.1) is 0 Å².